The summed E-state index contributed by atoms with van der Waals surface area (Å²) in [6.45, 7) is 10.5. The predicted octanol–water partition coefficient (Wildman–Crippen LogP) is 3.11. The molecule has 2 aliphatic heterocycles. The van der Waals surface area contributed by atoms with Crippen LogP contribution in [0.4, 0.5) is 11.4 Å². The standard InChI is InChI=1S/C26H33N3O4S/c1-18-6-5-7-24(20(18)3)27-12-14-28(15-13-27)26(31)16-19(2)34(32,33)23-8-9-25-22(17-23)10-11-29(25)21(4)30/h5-9,17,19H,10-16H2,1-4H3. The first-order valence-corrected chi connectivity index (χ1v) is 13.4. The Morgan fingerprint density at radius 1 is 0.971 bits per heavy atom. The Kier molecular flexibility index (Phi) is 6.71. The Balaban J connectivity index is 1.39. The third-order valence-electron chi connectivity index (χ3n) is 7.20. The molecule has 0 spiro atoms. The second-order valence-corrected chi connectivity index (χ2v) is 11.7. The molecule has 0 bridgehead atoms. The van der Waals surface area contributed by atoms with Crippen LogP contribution in [0.15, 0.2) is 41.3 Å². The van der Waals surface area contributed by atoms with Gasteiger partial charge in [-0.15, -0.1) is 0 Å². The minimum Gasteiger partial charge on any atom is -0.368 e. The summed E-state index contributed by atoms with van der Waals surface area (Å²) in [4.78, 5) is 30.7. The van der Waals surface area contributed by atoms with Crippen LogP contribution in [-0.2, 0) is 25.8 Å². The molecule has 1 fully saturated rings. The van der Waals surface area contributed by atoms with E-state index in [1.165, 1.54) is 23.7 Å². The van der Waals surface area contributed by atoms with Crippen LogP contribution in [0.5, 0.6) is 0 Å². The normalized spacial score (nSPS) is 17.0. The van der Waals surface area contributed by atoms with Crippen molar-refractivity contribution >= 4 is 33.0 Å². The molecule has 2 aliphatic rings. The lowest BCUT2D eigenvalue weighted by Gasteiger charge is -2.37. The number of hydrogen-bond acceptors (Lipinski definition) is 5. The van der Waals surface area contributed by atoms with Crippen molar-refractivity contribution in [1.29, 1.82) is 0 Å². The summed E-state index contributed by atoms with van der Waals surface area (Å²) in [7, 11) is -3.66. The Morgan fingerprint density at radius 2 is 1.68 bits per heavy atom. The Labute approximate surface area is 202 Å². The van der Waals surface area contributed by atoms with Gasteiger partial charge in [-0.1, -0.05) is 12.1 Å². The summed E-state index contributed by atoms with van der Waals surface area (Å²) < 4.78 is 26.4. The Bertz CT molecular complexity index is 1220. The molecule has 0 saturated carbocycles. The summed E-state index contributed by atoms with van der Waals surface area (Å²) in [6, 6.07) is 11.2. The summed E-state index contributed by atoms with van der Waals surface area (Å²) >= 11 is 0. The predicted molar refractivity (Wildman–Crippen MR) is 134 cm³/mol. The molecule has 2 heterocycles. The summed E-state index contributed by atoms with van der Waals surface area (Å²) in [5, 5.41) is -0.819. The van der Waals surface area contributed by atoms with Crippen molar-refractivity contribution in [2.45, 2.75) is 50.7 Å². The van der Waals surface area contributed by atoms with Crippen LogP contribution in [-0.4, -0.2) is 63.1 Å². The van der Waals surface area contributed by atoms with Gasteiger partial charge in [-0.25, -0.2) is 8.42 Å². The number of carbonyl (C=O) groups excluding carboxylic acids is 2. The number of sulfone groups is 1. The highest BCUT2D eigenvalue weighted by Crippen LogP contribution is 2.32. The first-order valence-electron chi connectivity index (χ1n) is 11.8. The lowest BCUT2D eigenvalue weighted by Crippen LogP contribution is -2.49. The van der Waals surface area contributed by atoms with E-state index in [0.717, 1.165) is 24.3 Å². The van der Waals surface area contributed by atoms with Gasteiger partial charge in [-0.3, -0.25) is 9.59 Å². The number of fused-ring (bicyclic) bond motifs is 1. The van der Waals surface area contributed by atoms with Crippen LogP contribution in [0.2, 0.25) is 0 Å². The van der Waals surface area contributed by atoms with Crippen molar-refractivity contribution < 1.29 is 18.0 Å². The number of hydrogen-bond donors (Lipinski definition) is 0. The van der Waals surface area contributed by atoms with Crippen molar-refractivity contribution in [3.05, 3.63) is 53.1 Å². The Hall–Kier alpha value is -2.87. The molecule has 1 atom stereocenters. The van der Waals surface area contributed by atoms with Crippen molar-refractivity contribution in [1.82, 2.24) is 4.90 Å². The molecule has 8 heteroatoms. The van der Waals surface area contributed by atoms with E-state index in [1.807, 2.05) is 0 Å². The number of amides is 2. The molecule has 0 radical (unpaired) electrons. The van der Waals surface area contributed by atoms with Crippen LogP contribution >= 0.6 is 0 Å². The number of anilines is 2. The summed E-state index contributed by atoms with van der Waals surface area (Å²) in [5.41, 5.74) is 5.33. The molecule has 0 N–H and O–H groups in total. The number of nitrogens with zero attached hydrogens (tertiary/aromatic N) is 3. The average Bonchev–Trinajstić information content (AvgIpc) is 3.24. The van der Waals surface area contributed by atoms with E-state index in [1.54, 1.807) is 34.9 Å². The van der Waals surface area contributed by atoms with E-state index in [2.05, 4.69) is 36.9 Å². The number of aryl methyl sites for hydroxylation is 1. The fourth-order valence-corrected chi connectivity index (χ4v) is 6.27. The van der Waals surface area contributed by atoms with E-state index in [0.29, 0.717) is 26.1 Å². The van der Waals surface area contributed by atoms with Gasteiger partial charge >= 0.3 is 0 Å². The SMILES string of the molecule is CC(=O)N1CCc2cc(S(=O)(=O)C(C)CC(=O)N3CCN(c4cccc(C)c4C)CC3)ccc21. The minimum atomic E-state index is -3.66. The zero-order valence-electron chi connectivity index (χ0n) is 20.4. The van der Waals surface area contributed by atoms with Gasteiger partial charge in [-0.05, 0) is 68.1 Å². The molecule has 1 unspecified atom stereocenters. The van der Waals surface area contributed by atoms with E-state index in [-0.39, 0.29) is 23.1 Å². The molecule has 2 amide bonds. The summed E-state index contributed by atoms with van der Waals surface area (Å²) in [6.07, 6.45) is 0.596. The second kappa shape index (κ2) is 9.41. The lowest BCUT2D eigenvalue weighted by atomic mass is 10.1. The minimum absolute atomic E-state index is 0.0392. The molecule has 34 heavy (non-hydrogen) atoms. The number of rotatable bonds is 5. The first-order chi connectivity index (χ1) is 16.1. The fourth-order valence-electron chi connectivity index (χ4n) is 4.87. The van der Waals surface area contributed by atoms with E-state index < -0.39 is 15.1 Å². The maximum atomic E-state index is 13.2. The molecular formula is C26H33N3O4S. The highest BCUT2D eigenvalue weighted by molar-refractivity contribution is 7.92. The molecule has 4 rings (SSSR count). The zero-order valence-corrected chi connectivity index (χ0v) is 21.2. The molecular weight excluding hydrogens is 450 g/mol. The second-order valence-electron chi connectivity index (χ2n) is 9.36. The molecule has 0 aliphatic carbocycles. The molecule has 2 aromatic carbocycles. The van der Waals surface area contributed by atoms with E-state index in [4.69, 9.17) is 0 Å². The topological polar surface area (TPSA) is 78.0 Å². The van der Waals surface area contributed by atoms with Gasteiger partial charge < -0.3 is 14.7 Å². The maximum absolute atomic E-state index is 13.2. The van der Waals surface area contributed by atoms with Gasteiger partial charge in [0.2, 0.25) is 11.8 Å². The van der Waals surface area contributed by atoms with Crippen molar-refractivity contribution in [3.63, 3.8) is 0 Å². The highest BCUT2D eigenvalue weighted by Gasteiger charge is 2.31. The number of piperazine rings is 1. The smallest absolute Gasteiger partial charge is 0.224 e. The van der Waals surface area contributed by atoms with Crippen molar-refractivity contribution in [2.24, 2.45) is 0 Å². The molecule has 0 aromatic heterocycles. The van der Waals surface area contributed by atoms with Crippen molar-refractivity contribution in [3.8, 4) is 0 Å². The van der Waals surface area contributed by atoms with Crippen LogP contribution in [0.3, 0.4) is 0 Å². The van der Waals surface area contributed by atoms with Crippen LogP contribution in [0, 0.1) is 13.8 Å². The molecule has 7 nitrogen and oxygen atoms in total. The highest BCUT2D eigenvalue weighted by atomic mass is 32.2. The summed E-state index contributed by atoms with van der Waals surface area (Å²) in [5.74, 6) is -0.174. The van der Waals surface area contributed by atoms with Crippen LogP contribution in [0.25, 0.3) is 0 Å². The van der Waals surface area contributed by atoms with Crippen molar-refractivity contribution in [2.75, 3.05) is 42.5 Å². The fraction of sp³-hybridized carbons (Fsp3) is 0.462. The third-order valence-corrected chi connectivity index (χ3v) is 9.33. The lowest BCUT2D eigenvalue weighted by molar-refractivity contribution is -0.131. The van der Waals surface area contributed by atoms with E-state index >= 15 is 0 Å². The quantitative estimate of drug-likeness (QED) is 0.653. The van der Waals surface area contributed by atoms with Gasteiger partial charge in [-0.2, -0.15) is 0 Å². The average molecular weight is 484 g/mol. The zero-order chi connectivity index (χ0) is 24.6. The van der Waals surface area contributed by atoms with Gasteiger partial charge in [0, 0.05) is 57.4 Å². The first kappa shape index (κ1) is 24.3. The molecule has 182 valence electrons. The molecule has 1 saturated heterocycles. The monoisotopic (exact) mass is 483 g/mol. The number of benzene rings is 2. The van der Waals surface area contributed by atoms with Crippen LogP contribution in [0.1, 0.15) is 37.0 Å². The number of carbonyl (C=O) groups is 2. The van der Waals surface area contributed by atoms with Crippen LogP contribution < -0.4 is 9.80 Å². The maximum Gasteiger partial charge on any atom is 0.224 e. The Morgan fingerprint density at radius 3 is 2.35 bits per heavy atom. The molecule has 2 aromatic rings. The van der Waals surface area contributed by atoms with Gasteiger partial charge in [0.25, 0.3) is 0 Å². The van der Waals surface area contributed by atoms with Gasteiger partial charge in [0.05, 0.1) is 10.1 Å². The largest absolute Gasteiger partial charge is 0.368 e. The third kappa shape index (κ3) is 4.56. The van der Waals surface area contributed by atoms with Gasteiger partial charge in [0.15, 0.2) is 9.84 Å². The van der Waals surface area contributed by atoms with Gasteiger partial charge in [0.1, 0.15) is 0 Å². The van der Waals surface area contributed by atoms with E-state index in [9.17, 15) is 18.0 Å².